The normalized spacial score (nSPS) is 16.4. The Morgan fingerprint density at radius 2 is 1.97 bits per heavy atom. The van der Waals surface area contributed by atoms with Gasteiger partial charge in [-0.3, -0.25) is 14.5 Å². The number of anilines is 1. The van der Waals surface area contributed by atoms with Crippen LogP contribution in [0.3, 0.4) is 0 Å². The third kappa shape index (κ3) is 3.39. The third-order valence-electron chi connectivity index (χ3n) is 4.48. The molecule has 1 N–H and O–H groups in total. The van der Waals surface area contributed by atoms with E-state index in [1.807, 2.05) is 0 Å². The fraction of sp³-hybridized carbons (Fsp3) is 0.0500. The average molecular weight is 470 g/mol. The molecule has 2 aromatic carbocycles. The van der Waals surface area contributed by atoms with Crippen LogP contribution in [-0.2, 0) is 4.79 Å². The maximum absolute atomic E-state index is 13.3. The SMILES string of the molecule is O=Nc1cccc(C2C(C(=O)c3ccc(Br)cc3)=C(O)C(=O)N2c2nccs2)c1. The van der Waals surface area contributed by atoms with Gasteiger partial charge in [-0.15, -0.1) is 16.2 Å². The zero-order valence-electron chi connectivity index (χ0n) is 14.7. The van der Waals surface area contributed by atoms with E-state index in [0.29, 0.717) is 16.3 Å². The Balaban J connectivity index is 1.88. The number of benzene rings is 2. The number of aliphatic hydroxyl groups is 1. The molecule has 7 nitrogen and oxygen atoms in total. The van der Waals surface area contributed by atoms with E-state index in [1.54, 1.807) is 41.8 Å². The van der Waals surface area contributed by atoms with E-state index in [9.17, 15) is 19.6 Å². The van der Waals surface area contributed by atoms with Gasteiger partial charge in [-0.1, -0.05) is 28.1 Å². The number of carbonyl (C=O) groups excluding carboxylic acids is 2. The van der Waals surface area contributed by atoms with E-state index in [0.717, 1.165) is 4.47 Å². The summed E-state index contributed by atoms with van der Waals surface area (Å²) in [5.74, 6) is -1.85. The number of nitrogens with zero attached hydrogens (tertiary/aromatic N) is 3. The minimum absolute atomic E-state index is 0.0735. The van der Waals surface area contributed by atoms with Gasteiger partial charge in [0.25, 0.3) is 5.91 Å². The molecule has 4 rings (SSSR count). The molecule has 0 aliphatic carbocycles. The van der Waals surface area contributed by atoms with Crippen LogP contribution in [0.25, 0.3) is 0 Å². The van der Waals surface area contributed by atoms with E-state index >= 15 is 0 Å². The van der Waals surface area contributed by atoms with Crippen LogP contribution in [0.2, 0.25) is 0 Å². The molecule has 1 amide bonds. The Morgan fingerprint density at radius 1 is 1.21 bits per heavy atom. The summed E-state index contributed by atoms with van der Waals surface area (Å²) < 4.78 is 0.792. The van der Waals surface area contributed by atoms with Crippen molar-refractivity contribution in [3.05, 3.63) is 91.9 Å². The van der Waals surface area contributed by atoms with E-state index in [1.165, 1.54) is 34.6 Å². The molecule has 0 spiro atoms. The highest BCUT2D eigenvalue weighted by Gasteiger charge is 2.45. The topological polar surface area (TPSA) is 99.9 Å². The number of aromatic nitrogens is 1. The first-order valence-electron chi connectivity index (χ1n) is 8.41. The lowest BCUT2D eigenvalue weighted by Gasteiger charge is -2.24. The third-order valence-corrected chi connectivity index (χ3v) is 5.78. The van der Waals surface area contributed by atoms with E-state index < -0.39 is 23.5 Å². The van der Waals surface area contributed by atoms with Crippen molar-refractivity contribution in [3.8, 4) is 0 Å². The fourth-order valence-electron chi connectivity index (χ4n) is 3.19. The van der Waals surface area contributed by atoms with Crippen molar-refractivity contribution in [2.45, 2.75) is 6.04 Å². The Bertz CT molecular complexity index is 1140. The average Bonchev–Trinajstić information content (AvgIpc) is 3.35. The van der Waals surface area contributed by atoms with Gasteiger partial charge in [0.2, 0.25) is 0 Å². The second-order valence-electron chi connectivity index (χ2n) is 6.18. The number of aliphatic hydroxyl groups excluding tert-OH is 1. The van der Waals surface area contributed by atoms with Gasteiger partial charge in [-0.2, -0.15) is 0 Å². The molecule has 144 valence electrons. The van der Waals surface area contributed by atoms with Gasteiger partial charge in [-0.05, 0) is 47.1 Å². The summed E-state index contributed by atoms with van der Waals surface area (Å²) in [6.07, 6.45) is 1.53. The highest BCUT2D eigenvalue weighted by molar-refractivity contribution is 9.10. The van der Waals surface area contributed by atoms with Crippen LogP contribution >= 0.6 is 27.3 Å². The number of hydrogen-bond donors (Lipinski definition) is 1. The number of amides is 1. The molecule has 1 aromatic heterocycles. The highest BCUT2D eigenvalue weighted by atomic mass is 79.9. The summed E-state index contributed by atoms with van der Waals surface area (Å²) >= 11 is 4.52. The van der Waals surface area contributed by atoms with Gasteiger partial charge in [0.05, 0.1) is 11.6 Å². The molecule has 1 aliphatic rings. The quantitative estimate of drug-likeness (QED) is 0.414. The molecule has 0 bridgehead atoms. The predicted octanol–water partition coefficient (Wildman–Crippen LogP) is 5.09. The summed E-state index contributed by atoms with van der Waals surface area (Å²) in [4.78, 5) is 42.6. The molecule has 0 radical (unpaired) electrons. The monoisotopic (exact) mass is 469 g/mol. The Hall–Kier alpha value is -3.17. The molecule has 2 heterocycles. The second-order valence-corrected chi connectivity index (χ2v) is 7.97. The Morgan fingerprint density at radius 3 is 2.62 bits per heavy atom. The number of rotatable bonds is 5. The van der Waals surface area contributed by atoms with E-state index in [-0.39, 0.29) is 11.3 Å². The van der Waals surface area contributed by atoms with Crippen molar-refractivity contribution < 1.29 is 14.7 Å². The van der Waals surface area contributed by atoms with Gasteiger partial charge in [0, 0.05) is 21.6 Å². The summed E-state index contributed by atoms with van der Waals surface area (Å²) in [7, 11) is 0. The number of hydrogen-bond acceptors (Lipinski definition) is 7. The number of thiazole rings is 1. The number of nitroso groups, excluding NO2 is 1. The van der Waals surface area contributed by atoms with Crippen LogP contribution in [0.4, 0.5) is 10.8 Å². The minimum Gasteiger partial charge on any atom is -0.503 e. The van der Waals surface area contributed by atoms with Crippen LogP contribution in [0.5, 0.6) is 0 Å². The zero-order chi connectivity index (χ0) is 20.5. The predicted molar refractivity (Wildman–Crippen MR) is 112 cm³/mol. The van der Waals surface area contributed by atoms with Crippen molar-refractivity contribution in [1.82, 2.24) is 4.98 Å². The maximum atomic E-state index is 13.3. The van der Waals surface area contributed by atoms with Crippen molar-refractivity contribution in [1.29, 1.82) is 0 Å². The minimum atomic E-state index is -0.938. The summed E-state index contributed by atoms with van der Waals surface area (Å²) in [6, 6.07) is 11.9. The van der Waals surface area contributed by atoms with Crippen LogP contribution in [0.1, 0.15) is 22.0 Å². The fourth-order valence-corrected chi connectivity index (χ4v) is 4.12. The molecular formula is C20H12BrN3O4S. The lowest BCUT2D eigenvalue weighted by molar-refractivity contribution is -0.117. The van der Waals surface area contributed by atoms with Gasteiger partial charge in [-0.25, -0.2) is 4.98 Å². The molecule has 3 aromatic rings. The molecule has 0 fully saturated rings. The first kappa shape index (κ1) is 19.2. The van der Waals surface area contributed by atoms with Crippen LogP contribution in [0, 0.1) is 4.91 Å². The van der Waals surface area contributed by atoms with Gasteiger partial charge in [0.15, 0.2) is 16.7 Å². The standard InChI is InChI=1S/C20H12BrN3O4S/c21-13-6-4-11(5-7-13)17(25)15-16(12-2-1-3-14(10-12)23-28)24(19(27)18(15)26)20-22-8-9-29-20/h1-10,16,26H. The first-order chi connectivity index (χ1) is 14.0. The summed E-state index contributed by atoms with van der Waals surface area (Å²) in [5, 5.41) is 15.6. The lowest BCUT2D eigenvalue weighted by atomic mass is 9.92. The molecule has 0 saturated carbocycles. The Kier molecular flexibility index (Phi) is 5.08. The number of halogens is 1. The summed E-state index contributed by atoms with van der Waals surface area (Å²) in [5.41, 5.74) is 0.861. The summed E-state index contributed by atoms with van der Waals surface area (Å²) in [6.45, 7) is 0. The van der Waals surface area contributed by atoms with Crippen molar-refractivity contribution in [2.75, 3.05) is 4.90 Å². The van der Waals surface area contributed by atoms with Crippen LogP contribution in [-0.4, -0.2) is 21.8 Å². The molecule has 1 unspecified atom stereocenters. The second kappa shape index (κ2) is 7.69. The number of carbonyl (C=O) groups is 2. The van der Waals surface area contributed by atoms with E-state index in [4.69, 9.17) is 0 Å². The van der Waals surface area contributed by atoms with Crippen LogP contribution < -0.4 is 4.90 Å². The largest absolute Gasteiger partial charge is 0.503 e. The van der Waals surface area contributed by atoms with Gasteiger partial charge < -0.3 is 5.11 Å². The van der Waals surface area contributed by atoms with Crippen LogP contribution in [0.15, 0.2) is 81.1 Å². The first-order valence-corrected chi connectivity index (χ1v) is 10.1. The molecular weight excluding hydrogens is 458 g/mol. The molecule has 0 saturated heterocycles. The van der Waals surface area contributed by atoms with Gasteiger partial charge >= 0.3 is 0 Å². The van der Waals surface area contributed by atoms with Crippen molar-refractivity contribution in [2.24, 2.45) is 5.18 Å². The van der Waals surface area contributed by atoms with Crippen molar-refractivity contribution in [3.63, 3.8) is 0 Å². The lowest BCUT2D eigenvalue weighted by Crippen LogP contribution is -2.30. The van der Waals surface area contributed by atoms with E-state index in [2.05, 4.69) is 26.1 Å². The smallest absolute Gasteiger partial charge is 0.296 e. The number of ketones is 1. The molecule has 1 aliphatic heterocycles. The molecule has 9 heteroatoms. The van der Waals surface area contributed by atoms with Gasteiger partial charge in [0.1, 0.15) is 5.69 Å². The molecule has 1 atom stereocenters. The zero-order valence-corrected chi connectivity index (χ0v) is 17.1. The Labute approximate surface area is 177 Å². The maximum Gasteiger partial charge on any atom is 0.296 e. The number of Topliss-reactive ketones (excluding diaryl/α,β-unsaturated/α-hetero) is 1. The highest BCUT2D eigenvalue weighted by Crippen LogP contribution is 2.43. The van der Waals surface area contributed by atoms with Crippen molar-refractivity contribution >= 4 is 49.8 Å². The molecule has 29 heavy (non-hydrogen) atoms.